The molecule has 2 aromatic carbocycles. The second-order valence-corrected chi connectivity index (χ2v) is 5.04. The molecule has 2 N–H and O–H groups in total. The summed E-state index contributed by atoms with van der Waals surface area (Å²) in [6.07, 6.45) is -4.74. The van der Waals surface area contributed by atoms with E-state index in [4.69, 9.17) is 19.9 Å². The highest BCUT2D eigenvalue weighted by molar-refractivity contribution is 5.53. The molecule has 0 fully saturated rings. The van der Waals surface area contributed by atoms with Crippen molar-refractivity contribution in [3.05, 3.63) is 47.5 Å². The Hall–Kier alpha value is -2.61. The first kappa shape index (κ1) is 18.7. The van der Waals surface area contributed by atoms with Gasteiger partial charge in [0.25, 0.3) is 0 Å². The highest BCUT2D eigenvalue weighted by Gasteiger charge is 2.31. The van der Waals surface area contributed by atoms with Crippen LogP contribution in [0.2, 0.25) is 0 Å². The van der Waals surface area contributed by atoms with Crippen LogP contribution in [0.25, 0.3) is 0 Å². The van der Waals surface area contributed by atoms with Crippen LogP contribution in [0.1, 0.15) is 17.2 Å². The third kappa shape index (κ3) is 4.48. The van der Waals surface area contributed by atoms with Crippen LogP contribution in [0.4, 0.5) is 13.2 Å². The molecule has 0 aromatic heterocycles. The van der Waals surface area contributed by atoms with Crippen LogP contribution in [-0.4, -0.2) is 27.7 Å². The molecule has 0 saturated heterocycles. The van der Waals surface area contributed by atoms with E-state index in [2.05, 4.69) is 4.74 Å². The predicted molar refractivity (Wildman–Crippen MR) is 85.3 cm³/mol. The minimum absolute atomic E-state index is 0.317. The molecule has 0 bridgehead atoms. The first-order chi connectivity index (χ1) is 11.8. The molecule has 0 aliphatic carbocycles. The zero-order valence-corrected chi connectivity index (χ0v) is 13.9. The maximum Gasteiger partial charge on any atom is 0.573 e. The summed E-state index contributed by atoms with van der Waals surface area (Å²) in [5.74, 6) is 1.10. The summed E-state index contributed by atoms with van der Waals surface area (Å²) in [4.78, 5) is 0. The Morgan fingerprint density at radius 2 is 1.36 bits per heavy atom. The molecular formula is C17H18F3NO4. The quantitative estimate of drug-likeness (QED) is 0.855. The topological polar surface area (TPSA) is 62.9 Å². The van der Waals surface area contributed by atoms with Gasteiger partial charge in [-0.05, 0) is 23.8 Å². The van der Waals surface area contributed by atoms with Crippen LogP contribution in [0.5, 0.6) is 23.0 Å². The SMILES string of the molecule is COc1cc(OC)c([C@H](N)c2ccc(OC(F)(F)F)cc2)cc1OC. The summed E-state index contributed by atoms with van der Waals surface area (Å²) >= 11 is 0. The smallest absolute Gasteiger partial charge is 0.496 e. The molecule has 0 aliphatic rings. The molecule has 0 aliphatic heterocycles. The highest BCUT2D eigenvalue weighted by Crippen LogP contribution is 2.38. The van der Waals surface area contributed by atoms with Crippen LogP contribution in [0.3, 0.4) is 0 Å². The van der Waals surface area contributed by atoms with Crippen LogP contribution in [-0.2, 0) is 0 Å². The molecule has 136 valence electrons. The molecule has 0 heterocycles. The van der Waals surface area contributed by atoms with Crippen molar-refractivity contribution in [3.63, 3.8) is 0 Å². The summed E-state index contributed by atoms with van der Waals surface area (Å²) in [7, 11) is 4.47. The Labute approximate surface area is 143 Å². The summed E-state index contributed by atoms with van der Waals surface area (Å²) in [6.45, 7) is 0. The second kappa shape index (κ2) is 7.52. The first-order valence-corrected chi connectivity index (χ1v) is 7.20. The van der Waals surface area contributed by atoms with Crippen LogP contribution < -0.4 is 24.7 Å². The zero-order chi connectivity index (χ0) is 18.6. The molecule has 1 atom stereocenters. The summed E-state index contributed by atoms with van der Waals surface area (Å²) in [6, 6.07) is 7.99. The third-order valence-electron chi connectivity index (χ3n) is 3.54. The van der Waals surface area contributed by atoms with Crippen molar-refractivity contribution in [1.29, 1.82) is 0 Å². The van der Waals surface area contributed by atoms with Gasteiger partial charge < -0.3 is 24.7 Å². The molecule has 0 radical (unpaired) electrons. The van der Waals surface area contributed by atoms with E-state index in [0.717, 1.165) is 0 Å². The van der Waals surface area contributed by atoms with Gasteiger partial charge >= 0.3 is 6.36 Å². The lowest BCUT2D eigenvalue weighted by Crippen LogP contribution is -2.17. The molecule has 5 nitrogen and oxygen atoms in total. The monoisotopic (exact) mass is 357 g/mol. The van der Waals surface area contributed by atoms with E-state index < -0.39 is 12.4 Å². The van der Waals surface area contributed by atoms with Crippen molar-refractivity contribution >= 4 is 0 Å². The largest absolute Gasteiger partial charge is 0.573 e. The predicted octanol–water partition coefficient (Wildman–Crippen LogP) is 3.66. The van der Waals surface area contributed by atoms with E-state index in [9.17, 15) is 13.2 Å². The van der Waals surface area contributed by atoms with E-state index >= 15 is 0 Å². The summed E-state index contributed by atoms with van der Waals surface area (Å²) in [5, 5.41) is 0. The van der Waals surface area contributed by atoms with Crippen LogP contribution >= 0.6 is 0 Å². The maximum absolute atomic E-state index is 12.2. The van der Waals surface area contributed by atoms with Crippen molar-refractivity contribution in [1.82, 2.24) is 0 Å². The van der Waals surface area contributed by atoms with Crippen molar-refractivity contribution in [2.75, 3.05) is 21.3 Å². The number of ether oxygens (including phenoxy) is 4. The summed E-state index contributed by atoms with van der Waals surface area (Å²) < 4.78 is 56.3. The molecule has 8 heteroatoms. The third-order valence-corrected chi connectivity index (χ3v) is 3.54. The van der Waals surface area contributed by atoms with Crippen molar-refractivity contribution < 1.29 is 32.1 Å². The molecule has 0 spiro atoms. The van der Waals surface area contributed by atoms with E-state index in [0.29, 0.717) is 28.4 Å². The van der Waals surface area contributed by atoms with Gasteiger partial charge in [-0.15, -0.1) is 13.2 Å². The number of halogens is 3. The molecular weight excluding hydrogens is 339 g/mol. The Balaban J connectivity index is 2.35. The molecule has 25 heavy (non-hydrogen) atoms. The lowest BCUT2D eigenvalue weighted by molar-refractivity contribution is -0.274. The number of benzene rings is 2. The van der Waals surface area contributed by atoms with Gasteiger partial charge in [-0.2, -0.15) is 0 Å². The van der Waals surface area contributed by atoms with Crippen LogP contribution in [0, 0.1) is 0 Å². The Bertz CT molecular complexity index is 717. The molecule has 2 rings (SSSR count). The average molecular weight is 357 g/mol. The van der Waals surface area contributed by atoms with E-state index in [-0.39, 0.29) is 5.75 Å². The molecule has 0 amide bonds. The molecule has 2 aromatic rings. The van der Waals surface area contributed by atoms with Gasteiger partial charge in [0.05, 0.1) is 27.4 Å². The number of hydrogen-bond donors (Lipinski definition) is 1. The second-order valence-electron chi connectivity index (χ2n) is 5.04. The minimum atomic E-state index is -4.74. The lowest BCUT2D eigenvalue weighted by atomic mass is 9.98. The fourth-order valence-corrected chi connectivity index (χ4v) is 2.35. The molecule has 0 saturated carbocycles. The number of alkyl halides is 3. The fraction of sp³-hybridized carbons (Fsp3) is 0.294. The average Bonchev–Trinajstić information content (AvgIpc) is 2.59. The maximum atomic E-state index is 12.2. The van der Waals surface area contributed by atoms with Gasteiger partial charge in [0, 0.05) is 11.6 Å². The Morgan fingerprint density at radius 3 is 1.84 bits per heavy atom. The van der Waals surface area contributed by atoms with E-state index in [1.807, 2.05) is 0 Å². The zero-order valence-electron chi connectivity index (χ0n) is 13.9. The Kier molecular flexibility index (Phi) is 5.63. The summed E-state index contributed by atoms with van der Waals surface area (Å²) in [5.41, 5.74) is 7.43. The minimum Gasteiger partial charge on any atom is -0.496 e. The van der Waals surface area contributed by atoms with E-state index in [1.165, 1.54) is 45.6 Å². The number of methoxy groups -OCH3 is 3. The highest BCUT2D eigenvalue weighted by atomic mass is 19.4. The van der Waals surface area contributed by atoms with Gasteiger partial charge in [0.1, 0.15) is 11.5 Å². The lowest BCUT2D eigenvalue weighted by Gasteiger charge is -2.19. The number of hydrogen-bond acceptors (Lipinski definition) is 5. The van der Waals surface area contributed by atoms with Crippen LogP contribution in [0.15, 0.2) is 36.4 Å². The standard InChI is InChI=1S/C17H18F3NO4/c1-22-13-9-15(24-3)14(23-2)8-12(13)16(21)10-4-6-11(7-5-10)25-17(18,19)20/h4-9,16H,21H2,1-3H3/t16-/m1/s1. The number of rotatable bonds is 6. The van der Waals surface area contributed by atoms with Crippen molar-refractivity contribution in [2.45, 2.75) is 12.4 Å². The fourth-order valence-electron chi connectivity index (χ4n) is 2.35. The Morgan fingerprint density at radius 1 is 0.840 bits per heavy atom. The van der Waals surface area contributed by atoms with Crippen molar-refractivity contribution in [3.8, 4) is 23.0 Å². The normalized spacial score (nSPS) is 12.4. The molecule has 0 unspecified atom stereocenters. The van der Waals surface area contributed by atoms with Gasteiger partial charge in [-0.25, -0.2) is 0 Å². The van der Waals surface area contributed by atoms with Gasteiger partial charge in [0.2, 0.25) is 0 Å². The number of nitrogens with two attached hydrogens (primary N) is 1. The first-order valence-electron chi connectivity index (χ1n) is 7.20. The van der Waals surface area contributed by atoms with Gasteiger partial charge in [0.15, 0.2) is 11.5 Å². The van der Waals surface area contributed by atoms with Gasteiger partial charge in [-0.3, -0.25) is 0 Å². The van der Waals surface area contributed by atoms with Gasteiger partial charge in [-0.1, -0.05) is 12.1 Å². The van der Waals surface area contributed by atoms with Crippen molar-refractivity contribution in [2.24, 2.45) is 5.73 Å². The van der Waals surface area contributed by atoms with E-state index in [1.54, 1.807) is 12.1 Å².